The lowest BCUT2D eigenvalue weighted by atomic mass is 10.1. The molecule has 0 aliphatic rings. The second-order valence-corrected chi connectivity index (χ2v) is 7.93. The van der Waals surface area contributed by atoms with E-state index in [1.807, 2.05) is 13.0 Å². The molecule has 0 aliphatic carbocycles. The fraction of sp³-hybridized carbons (Fsp3) is 0.273. The molecular formula is C11H9Br2ClN2OS. The molecule has 0 atom stereocenters. The highest BCUT2D eigenvalue weighted by Gasteiger charge is 2.19. The Bertz CT molecular complexity index is 621. The third kappa shape index (κ3) is 2.71. The van der Waals surface area contributed by atoms with Crippen LogP contribution in [-0.4, -0.2) is 15.6 Å². The van der Waals surface area contributed by atoms with Crippen LogP contribution in [0.4, 0.5) is 0 Å². The quantitative estimate of drug-likeness (QED) is 0.701. The summed E-state index contributed by atoms with van der Waals surface area (Å²) in [6.07, 6.45) is 0.248. The van der Waals surface area contributed by atoms with Crippen molar-refractivity contribution in [3.8, 4) is 0 Å². The van der Waals surface area contributed by atoms with Crippen molar-refractivity contribution >= 4 is 60.6 Å². The topological polar surface area (TPSA) is 34.9 Å². The number of aryl methyl sites for hydroxylation is 2. The van der Waals surface area contributed by atoms with Crippen molar-refractivity contribution < 1.29 is 4.79 Å². The van der Waals surface area contributed by atoms with Gasteiger partial charge in [-0.2, -0.15) is 5.10 Å². The summed E-state index contributed by atoms with van der Waals surface area (Å²) < 4.78 is 3.41. The molecule has 2 rings (SSSR count). The van der Waals surface area contributed by atoms with Crippen LogP contribution in [0.2, 0.25) is 5.02 Å². The van der Waals surface area contributed by atoms with Crippen molar-refractivity contribution in [1.82, 2.24) is 9.78 Å². The zero-order chi connectivity index (χ0) is 13.4. The summed E-state index contributed by atoms with van der Waals surface area (Å²) in [5.74, 6) is 0.0220. The SMILES string of the molecule is Cc1nn(C)c(CC(=O)c2cc(Br)sc2Br)c1Cl. The third-order valence-electron chi connectivity index (χ3n) is 2.55. The molecule has 0 fully saturated rings. The fourth-order valence-electron chi connectivity index (χ4n) is 1.65. The van der Waals surface area contributed by atoms with Crippen LogP contribution in [-0.2, 0) is 13.5 Å². The second kappa shape index (κ2) is 5.45. The first-order chi connectivity index (χ1) is 8.40. The lowest BCUT2D eigenvalue weighted by Gasteiger charge is -2.01. The Morgan fingerprint density at radius 2 is 2.22 bits per heavy atom. The van der Waals surface area contributed by atoms with Crippen LogP contribution in [0.5, 0.6) is 0 Å². The van der Waals surface area contributed by atoms with Gasteiger partial charge in [-0.3, -0.25) is 9.48 Å². The smallest absolute Gasteiger partial charge is 0.170 e. The molecule has 2 aromatic rings. The summed E-state index contributed by atoms with van der Waals surface area (Å²) in [5, 5.41) is 4.77. The van der Waals surface area contributed by atoms with Crippen LogP contribution in [0.25, 0.3) is 0 Å². The van der Waals surface area contributed by atoms with E-state index in [-0.39, 0.29) is 12.2 Å². The van der Waals surface area contributed by atoms with Crippen molar-refractivity contribution in [2.45, 2.75) is 13.3 Å². The molecule has 0 N–H and O–H groups in total. The summed E-state index contributed by atoms with van der Waals surface area (Å²) >= 11 is 14.4. The maximum atomic E-state index is 12.2. The molecule has 0 unspecified atom stereocenters. The minimum absolute atomic E-state index is 0.0220. The average Bonchev–Trinajstić information content (AvgIpc) is 2.73. The largest absolute Gasteiger partial charge is 0.294 e. The molecular weight excluding hydrogens is 403 g/mol. The molecule has 0 amide bonds. The highest BCUT2D eigenvalue weighted by Crippen LogP contribution is 2.33. The number of carbonyl (C=O) groups excluding carboxylic acids is 1. The Kier molecular flexibility index (Phi) is 4.31. The van der Waals surface area contributed by atoms with Gasteiger partial charge in [0.15, 0.2) is 5.78 Å². The van der Waals surface area contributed by atoms with E-state index in [1.54, 1.807) is 11.7 Å². The number of carbonyl (C=O) groups is 1. The highest BCUT2D eigenvalue weighted by molar-refractivity contribution is 9.12. The lowest BCUT2D eigenvalue weighted by molar-refractivity contribution is 0.0990. The van der Waals surface area contributed by atoms with E-state index in [9.17, 15) is 4.79 Å². The third-order valence-corrected chi connectivity index (χ3v) is 5.38. The normalized spacial score (nSPS) is 10.9. The Morgan fingerprint density at radius 3 is 2.67 bits per heavy atom. The first-order valence-corrected chi connectivity index (χ1v) is 7.84. The van der Waals surface area contributed by atoms with Crippen LogP contribution >= 0.6 is 54.8 Å². The van der Waals surface area contributed by atoms with E-state index in [1.165, 1.54) is 11.3 Å². The Labute approximate surface area is 130 Å². The maximum Gasteiger partial charge on any atom is 0.170 e. The van der Waals surface area contributed by atoms with Gasteiger partial charge in [0.25, 0.3) is 0 Å². The Hall–Kier alpha value is -0.170. The van der Waals surface area contributed by atoms with E-state index >= 15 is 0 Å². The van der Waals surface area contributed by atoms with Gasteiger partial charge >= 0.3 is 0 Å². The Morgan fingerprint density at radius 1 is 1.56 bits per heavy atom. The van der Waals surface area contributed by atoms with E-state index < -0.39 is 0 Å². The second-order valence-electron chi connectivity index (χ2n) is 3.81. The fourth-order valence-corrected chi connectivity index (χ4v) is 4.73. The first kappa shape index (κ1) is 14.2. The molecule has 2 heterocycles. The molecule has 0 aromatic carbocycles. The lowest BCUT2D eigenvalue weighted by Crippen LogP contribution is -2.08. The predicted molar refractivity (Wildman–Crippen MR) is 80.7 cm³/mol. The summed E-state index contributed by atoms with van der Waals surface area (Å²) in [6, 6.07) is 1.81. The summed E-state index contributed by atoms with van der Waals surface area (Å²) in [5.41, 5.74) is 2.16. The van der Waals surface area contributed by atoms with Gasteiger partial charge in [-0.15, -0.1) is 11.3 Å². The van der Waals surface area contributed by atoms with Gasteiger partial charge in [0.1, 0.15) is 0 Å². The first-order valence-electron chi connectivity index (χ1n) is 5.06. The van der Waals surface area contributed by atoms with Gasteiger partial charge in [-0.1, -0.05) is 11.6 Å². The zero-order valence-corrected chi connectivity index (χ0v) is 14.4. The predicted octanol–water partition coefficient (Wildman–Crippen LogP) is 4.39. The number of nitrogens with zero attached hydrogens (tertiary/aromatic N) is 2. The molecule has 0 radical (unpaired) electrons. The number of hydrogen-bond acceptors (Lipinski definition) is 3. The van der Waals surface area contributed by atoms with Crippen LogP contribution < -0.4 is 0 Å². The zero-order valence-electron chi connectivity index (χ0n) is 9.63. The summed E-state index contributed by atoms with van der Waals surface area (Å²) in [7, 11) is 1.79. The molecule has 0 spiro atoms. The highest BCUT2D eigenvalue weighted by atomic mass is 79.9. The van der Waals surface area contributed by atoms with Crippen LogP contribution in [0, 0.1) is 6.92 Å². The standard InChI is InChI=1S/C11H9Br2ClN2OS/c1-5-10(14)7(16(2)15-5)4-8(17)6-3-9(12)18-11(6)13/h3H,4H2,1-2H3. The van der Waals surface area contributed by atoms with E-state index in [0.29, 0.717) is 10.6 Å². The molecule has 2 aromatic heterocycles. The monoisotopic (exact) mass is 410 g/mol. The van der Waals surface area contributed by atoms with E-state index in [4.69, 9.17) is 11.6 Å². The molecule has 18 heavy (non-hydrogen) atoms. The number of hydrogen-bond donors (Lipinski definition) is 0. The molecule has 0 bridgehead atoms. The van der Waals surface area contributed by atoms with Gasteiger partial charge in [0.05, 0.1) is 30.4 Å². The van der Waals surface area contributed by atoms with Gasteiger partial charge in [0.2, 0.25) is 0 Å². The molecule has 3 nitrogen and oxygen atoms in total. The van der Waals surface area contributed by atoms with E-state index in [2.05, 4.69) is 37.0 Å². The molecule has 0 aliphatic heterocycles. The van der Waals surface area contributed by atoms with Crippen molar-refractivity contribution in [3.05, 3.63) is 35.6 Å². The molecule has 96 valence electrons. The minimum atomic E-state index is 0.0220. The van der Waals surface area contributed by atoms with Crippen LogP contribution in [0.1, 0.15) is 21.7 Å². The average molecular weight is 413 g/mol. The van der Waals surface area contributed by atoms with Gasteiger partial charge in [-0.05, 0) is 44.8 Å². The van der Waals surface area contributed by atoms with Crippen molar-refractivity contribution in [2.75, 3.05) is 0 Å². The molecule has 0 saturated carbocycles. The number of thiophene rings is 1. The van der Waals surface area contributed by atoms with Crippen LogP contribution in [0.3, 0.4) is 0 Å². The van der Waals surface area contributed by atoms with Gasteiger partial charge < -0.3 is 0 Å². The van der Waals surface area contributed by atoms with Gasteiger partial charge in [0, 0.05) is 12.6 Å². The van der Waals surface area contributed by atoms with E-state index in [0.717, 1.165) is 19.0 Å². The maximum absolute atomic E-state index is 12.2. The number of rotatable bonds is 3. The number of aromatic nitrogens is 2. The summed E-state index contributed by atoms with van der Waals surface area (Å²) in [4.78, 5) is 12.2. The molecule has 7 heteroatoms. The van der Waals surface area contributed by atoms with Crippen molar-refractivity contribution in [3.63, 3.8) is 0 Å². The van der Waals surface area contributed by atoms with Crippen molar-refractivity contribution in [2.24, 2.45) is 7.05 Å². The van der Waals surface area contributed by atoms with Crippen LogP contribution in [0.15, 0.2) is 13.6 Å². The number of Topliss-reactive ketones (excluding diaryl/α,β-unsaturated/α-hetero) is 1. The number of ketones is 1. The number of halogens is 3. The minimum Gasteiger partial charge on any atom is -0.294 e. The van der Waals surface area contributed by atoms with Crippen molar-refractivity contribution in [1.29, 1.82) is 0 Å². The Balaban J connectivity index is 2.29. The summed E-state index contributed by atoms with van der Waals surface area (Å²) in [6.45, 7) is 1.83. The van der Waals surface area contributed by atoms with Gasteiger partial charge in [-0.25, -0.2) is 0 Å². The molecule has 0 saturated heterocycles.